The lowest BCUT2D eigenvalue weighted by molar-refractivity contribution is -0.124. The van der Waals surface area contributed by atoms with Gasteiger partial charge >= 0.3 is 0 Å². The average Bonchev–Trinajstić information content (AvgIpc) is 2.97. The Hall–Kier alpha value is -2.30. The number of carbonyl (C=O) groups is 1. The largest absolute Gasteiger partial charge is 0.384 e. The first-order chi connectivity index (χ1) is 9.33. The van der Waals surface area contributed by atoms with Crippen molar-refractivity contribution in [1.29, 1.82) is 0 Å². The highest BCUT2D eigenvalue weighted by molar-refractivity contribution is 5.80. The number of hydrogen-bond acceptors (Lipinski definition) is 3. The van der Waals surface area contributed by atoms with E-state index in [9.17, 15) is 4.79 Å². The zero-order valence-electron chi connectivity index (χ0n) is 10.5. The molecular formula is C14H16N4O. The van der Waals surface area contributed by atoms with Crippen molar-refractivity contribution in [1.82, 2.24) is 15.5 Å². The minimum absolute atomic E-state index is 0.0159. The third-order valence-corrected chi connectivity index (χ3v) is 3.40. The Morgan fingerprint density at radius 3 is 3.11 bits per heavy atom. The van der Waals surface area contributed by atoms with Gasteiger partial charge in [0.25, 0.3) is 0 Å². The summed E-state index contributed by atoms with van der Waals surface area (Å²) in [5, 5.41) is 12.9. The predicted octanol–water partition coefficient (Wildman–Crippen LogP) is 1.31. The van der Waals surface area contributed by atoms with Crippen LogP contribution in [0.1, 0.15) is 11.3 Å². The van der Waals surface area contributed by atoms with Gasteiger partial charge in [-0.25, -0.2) is 0 Å². The van der Waals surface area contributed by atoms with E-state index >= 15 is 0 Å². The molecule has 5 nitrogen and oxygen atoms in total. The molecule has 1 atom stereocenters. The van der Waals surface area contributed by atoms with Crippen molar-refractivity contribution in [3.05, 3.63) is 47.8 Å². The Morgan fingerprint density at radius 1 is 1.37 bits per heavy atom. The fourth-order valence-corrected chi connectivity index (χ4v) is 2.34. The molecule has 0 spiro atoms. The lowest BCUT2D eigenvalue weighted by atomic mass is 9.93. The molecule has 0 aliphatic carbocycles. The van der Waals surface area contributed by atoms with E-state index in [1.54, 1.807) is 6.20 Å². The number of nitrogens with one attached hydrogen (secondary N) is 3. The topological polar surface area (TPSA) is 69.8 Å². The molecule has 0 radical (unpaired) electrons. The first kappa shape index (κ1) is 11.8. The van der Waals surface area contributed by atoms with E-state index in [-0.39, 0.29) is 11.8 Å². The van der Waals surface area contributed by atoms with Gasteiger partial charge in [-0.05, 0) is 24.1 Å². The van der Waals surface area contributed by atoms with Gasteiger partial charge in [0.2, 0.25) is 5.91 Å². The van der Waals surface area contributed by atoms with Crippen LogP contribution < -0.4 is 10.6 Å². The van der Waals surface area contributed by atoms with E-state index in [4.69, 9.17) is 0 Å². The predicted molar refractivity (Wildman–Crippen MR) is 72.6 cm³/mol. The third-order valence-electron chi connectivity index (χ3n) is 3.40. The van der Waals surface area contributed by atoms with E-state index in [1.807, 2.05) is 24.3 Å². The number of anilines is 1. The third kappa shape index (κ3) is 2.59. The number of nitrogens with zero attached hydrogens (tertiary/aromatic N) is 1. The lowest BCUT2D eigenvalue weighted by Gasteiger charge is -2.25. The molecule has 1 amide bonds. The van der Waals surface area contributed by atoms with Crippen molar-refractivity contribution >= 4 is 11.6 Å². The second kappa shape index (κ2) is 5.14. The van der Waals surface area contributed by atoms with E-state index in [0.29, 0.717) is 13.1 Å². The molecule has 3 N–H and O–H groups in total. The van der Waals surface area contributed by atoms with Crippen LogP contribution in [-0.4, -0.2) is 22.6 Å². The second-order valence-electron chi connectivity index (χ2n) is 4.74. The molecule has 1 unspecified atom stereocenters. The highest BCUT2D eigenvalue weighted by Gasteiger charge is 2.23. The van der Waals surface area contributed by atoms with E-state index in [1.165, 1.54) is 5.56 Å². The maximum atomic E-state index is 12.1. The Bertz CT molecular complexity index is 565. The van der Waals surface area contributed by atoms with Crippen molar-refractivity contribution in [2.75, 3.05) is 11.9 Å². The number of aromatic nitrogens is 2. The maximum Gasteiger partial charge on any atom is 0.225 e. The Morgan fingerprint density at radius 2 is 2.26 bits per heavy atom. The zero-order chi connectivity index (χ0) is 13.1. The molecule has 5 heteroatoms. The number of fused-ring (bicyclic) bond motifs is 1. The maximum absolute atomic E-state index is 12.1. The highest BCUT2D eigenvalue weighted by atomic mass is 16.1. The van der Waals surface area contributed by atoms with Crippen LogP contribution in [0.3, 0.4) is 0 Å². The van der Waals surface area contributed by atoms with E-state index < -0.39 is 0 Å². The smallest absolute Gasteiger partial charge is 0.225 e. The molecule has 2 aromatic rings. The molecule has 1 aromatic carbocycles. The van der Waals surface area contributed by atoms with Crippen molar-refractivity contribution in [2.24, 2.45) is 5.92 Å². The molecule has 19 heavy (non-hydrogen) atoms. The van der Waals surface area contributed by atoms with Gasteiger partial charge in [-0.15, -0.1) is 0 Å². The Kier molecular flexibility index (Phi) is 3.18. The molecule has 1 aliphatic heterocycles. The van der Waals surface area contributed by atoms with E-state index in [2.05, 4.69) is 26.9 Å². The van der Waals surface area contributed by atoms with Crippen molar-refractivity contribution in [3.63, 3.8) is 0 Å². The fraction of sp³-hybridized carbons (Fsp3) is 0.286. The van der Waals surface area contributed by atoms with Crippen molar-refractivity contribution in [3.8, 4) is 0 Å². The summed E-state index contributed by atoms with van der Waals surface area (Å²) < 4.78 is 0. The fourth-order valence-electron chi connectivity index (χ4n) is 2.34. The van der Waals surface area contributed by atoms with Gasteiger partial charge in [-0.1, -0.05) is 18.2 Å². The van der Waals surface area contributed by atoms with Gasteiger partial charge in [0, 0.05) is 18.4 Å². The van der Waals surface area contributed by atoms with Crippen LogP contribution in [0.15, 0.2) is 36.5 Å². The van der Waals surface area contributed by atoms with Crippen LogP contribution in [0.25, 0.3) is 0 Å². The molecule has 3 rings (SSSR count). The standard InChI is InChI=1S/C14H16N4O/c19-14(16-9-12-5-6-17-18-12)11-7-10-3-1-2-4-13(10)15-8-11/h1-6,11,15H,7-9H2,(H,16,19)(H,17,18). The van der Waals surface area contributed by atoms with Crippen LogP contribution in [-0.2, 0) is 17.8 Å². The molecule has 0 fully saturated rings. The Labute approximate surface area is 111 Å². The quantitative estimate of drug-likeness (QED) is 0.775. The summed E-state index contributed by atoms with van der Waals surface area (Å²) in [4.78, 5) is 12.1. The number of aromatic amines is 1. The minimum Gasteiger partial charge on any atom is -0.384 e. The highest BCUT2D eigenvalue weighted by Crippen LogP contribution is 2.24. The molecule has 1 aliphatic rings. The van der Waals surface area contributed by atoms with Gasteiger partial charge in [0.15, 0.2) is 0 Å². The molecule has 1 aromatic heterocycles. The summed E-state index contributed by atoms with van der Waals surface area (Å²) in [7, 11) is 0. The number of benzene rings is 1. The average molecular weight is 256 g/mol. The number of hydrogen-bond donors (Lipinski definition) is 3. The summed E-state index contributed by atoms with van der Waals surface area (Å²) in [6, 6.07) is 9.98. The summed E-state index contributed by atoms with van der Waals surface area (Å²) in [6.07, 6.45) is 2.47. The number of amides is 1. The molecule has 0 bridgehead atoms. The molecule has 0 saturated heterocycles. The van der Waals surface area contributed by atoms with Gasteiger partial charge in [-0.2, -0.15) is 5.10 Å². The zero-order valence-corrected chi connectivity index (χ0v) is 10.5. The first-order valence-electron chi connectivity index (χ1n) is 6.40. The van der Waals surface area contributed by atoms with Crippen LogP contribution in [0.5, 0.6) is 0 Å². The van der Waals surface area contributed by atoms with Gasteiger partial charge in [0.1, 0.15) is 0 Å². The van der Waals surface area contributed by atoms with Gasteiger partial charge in [0.05, 0.1) is 18.2 Å². The van der Waals surface area contributed by atoms with Crippen LogP contribution >= 0.6 is 0 Å². The number of para-hydroxylation sites is 1. The molecule has 2 heterocycles. The summed E-state index contributed by atoms with van der Waals surface area (Å²) >= 11 is 0. The van der Waals surface area contributed by atoms with E-state index in [0.717, 1.165) is 17.8 Å². The summed E-state index contributed by atoms with van der Waals surface area (Å²) in [5.41, 5.74) is 3.26. The normalized spacial score (nSPS) is 17.4. The molecule has 0 saturated carbocycles. The first-order valence-corrected chi connectivity index (χ1v) is 6.40. The van der Waals surface area contributed by atoms with Gasteiger partial charge < -0.3 is 10.6 Å². The SMILES string of the molecule is O=C(NCc1ccn[nH]1)C1CNc2ccccc2C1. The van der Waals surface area contributed by atoms with Crippen molar-refractivity contribution < 1.29 is 4.79 Å². The van der Waals surface area contributed by atoms with Crippen LogP contribution in [0, 0.1) is 5.92 Å². The Balaban J connectivity index is 1.60. The number of carbonyl (C=O) groups excluding carboxylic acids is 1. The number of rotatable bonds is 3. The molecular weight excluding hydrogens is 240 g/mol. The van der Waals surface area contributed by atoms with Gasteiger partial charge in [-0.3, -0.25) is 9.89 Å². The molecule has 98 valence electrons. The monoisotopic (exact) mass is 256 g/mol. The van der Waals surface area contributed by atoms with Crippen LogP contribution in [0.4, 0.5) is 5.69 Å². The van der Waals surface area contributed by atoms with Crippen molar-refractivity contribution in [2.45, 2.75) is 13.0 Å². The minimum atomic E-state index is -0.0159. The summed E-state index contributed by atoms with van der Waals surface area (Å²) in [5.74, 6) is 0.0643. The summed E-state index contributed by atoms with van der Waals surface area (Å²) in [6.45, 7) is 1.18. The van der Waals surface area contributed by atoms with Crippen LogP contribution in [0.2, 0.25) is 0 Å². The second-order valence-corrected chi connectivity index (χ2v) is 4.74. The lowest BCUT2D eigenvalue weighted by Crippen LogP contribution is -2.37. The number of H-pyrrole nitrogens is 1.